The standard InChI is InChI=1S/C13H13N3O/c1-15-12-8-10(5-6-16-12)9-3-2-4-11(7-9)13(14)17/h2-8H,1H3,(H2,14,17)(H,15,16). The van der Waals surface area contributed by atoms with Crippen LogP contribution < -0.4 is 11.1 Å². The molecule has 0 radical (unpaired) electrons. The van der Waals surface area contributed by atoms with E-state index >= 15 is 0 Å². The molecule has 4 heteroatoms. The van der Waals surface area contributed by atoms with E-state index in [-0.39, 0.29) is 0 Å². The van der Waals surface area contributed by atoms with Crippen LogP contribution in [0.4, 0.5) is 5.82 Å². The number of nitrogens with one attached hydrogen (secondary N) is 1. The third kappa shape index (κ3) is 2.42. The van der Waals surface area contributed by atoms with Crippen molar-refractivity contribution < 1.29 is 4.79 Å². The Bertz CT molecular complexity index is 552. The first kappa shape index (κ1) is 11.1. The van der Waals surface area contributed by atoms with Crippen molar-refractivity contribution in [2.75, 3.05) is 12.4 Å². The van der Waals surface area contributed by atoms with Gasteiger partial charge in [0.2, 0.25) is 5.91 Å². The number of benzene rings is 1. The number of nitrogens with zero attached hydrogens (tertiary/aromatic N) is 1. The van der Waals surface area contributed by atoms with Gasteiger partial charge in [0.25, 0.3) is 0 Å². The van der Waals surface area contributed by atoms with Crippen molar-refractivity contribution in [3.05, 3.63) is 48.2 Å². The number of anilines is 1. The maximum Gasteiger partial charge on any atom is 0.248 e. The second-order valence-corrected chi connectivity index (χ2v) is 3.62. The van der Waals surface area contributed by atoms with E-state index in [4.69, 9.17) is 5.73 Å². The fourth-order valence-corrected chi connectivity index (χ4v) is 1.60. The Kier molecular flexibility index (Phi) is 3.05. The highest BCUT2D eigenvalue weighted by molar-refractivity contribution is 5.94. The Morgan fingerprint density at radius 2 is 2.00 bits per heavy atom. The van der Waals surface area contributed by atoms with Crippen molar-refractivity contribution >= 4 is 11.7 Å². The van der Waals surface area contributed by atoms with Crippen LogP contribution in [-0.4, -0.2) is 17.9 Å². The third-order valence-electron chi connectivity index (χ3n) is 2.50. The van der Waals surface area contributed by atoms with Gasteiger partial charge in [0.05, 0.1) is 0 Å². The van der Waals surface area contributed by atoms with Gasteiger partial charge in [-0.1, -0.05) is 12.1 Å². The molecule has 86 valence electrons. The molecule has 1 aromatic carbocycles. The molecule has 0 saturated carbocycles. The molecule has 0 saturated heterocycles. The summed E-state index contributed by atoms with van der Waals surface area (Å²) in [5, 5.41) is 2.97. The minimum atomic E-state index is -0.422. The number of nitrogens with two attached hydrogens (primary N) is 1. The van der Waals surface area contributed by atoms with Gasteiger partial charge in [-0.2, -0.15) is 0 Å². The van der Waals surface area contributed by atoms with Gasteiger partial charge >= 0.3 is 0 Å². The summed E-state index contributed by atoms with van der Waals surface area (Å²) in [6.07, 6.45) is 1.72. The zero-order valence-electron chi connectivity index (χ0n) is 9.47. The lowest BCUT2D eigenvalue weighted by atomic mass is 10.0. The molecular formula is C13H13N3O. The number of hydrogen-bond acceptors (Lipinski definition) is 3. The largest absolute Gasteiger partial charge is 0.373 e. The van der Waals surface area contributed by atoms with Gasteiger partial charge in [0, 0.05) is 18.8 Å². The lowest BCUT2D eigenvalue weighted by molar-refractivity contribution is 0.100. The van der Waals surface area contributed by atoms with Gasteiger partial charge in [-0.25, -0.2) is 4.98 Å². The van der Waals surface area contributed by atoms with Crippen LogP contribution in [0.2, 0.25) is 0 Å². The summed E-state index contributed by atoms with van der Waals surface area (Å²) in [6, 6.07) is 11.0. The molecule has 1 aromatic heterocycles. The van der Waals surface area contributed by atoms with Gasteiger partial charge in [-0.15, -0.1) is 0 Å². The number of amides is 1. The Morgan fingerprint density at radius 1 is 1.24 bits per heavy atom. The van der Waals surface area contributed by atoms with Crippen molar-refractivity contribution in [3.8, 4) is 11.1 Å². The van der Waals surface area contributed by atoms with Crippen molar-refractivity contribution in [1.29, 1.82) is 0 Å². The monoisotopic (exact) mass is 227 g/mol. The van der Waals surface area contributed by atoms with Crippen LogP contribution in [-0.2, 0) is 0 Å². The van der Waals surface area contributed by atoms with E-state index in [1.165, 1.54) is 0 Å². The van der Waals surface area contributed by atoms with Crippen LogP contribution in [0, 0.1) is 0 Å². The summed E-state index contributed by atoms with van der Waals surface area (Å²) in [5.74, 6) is 0.363. The fourth-order valence-electron chi connectivity index (χ4n) is 1.60. The number of aromatic nitrogens is 1. The summed E-state index contributed by atoms with van der Waals surface area (Å²) in [5.41, 5.74) is 7.70. The molecule has 3 N–H and O–H groups in total. The minimum Gasteiger partial charge on any atom is -0.373 e. The number of rotatable bonds is 3. The SMILES string of the molecule is CNc1cc(-c2cccc(C(N)=O)c2)ccn1. The second kappa shape index (κ2) is 4.65. The van der Waals surface area contributed by atoms with Gasteiger partial charge in [-0.05, 0) is 35.4 Å². The number of hydrogen-bond donors (Lipinski definition) is 2. The predicted molar refractivity (Wildman–Crippen MR) is 67.7 cm³/mol. The van der Waals surface area contributed by atoms with Crippen LogP contribution >= 0.6 is 0 Å². The van der Waals surface area contributed by atoms with E-state index in [9.17, 15) is 4.79 Å². The molecular weight excluding hydrogens is 214 g/mol. The summed E-state index contributed by atoms with van der Waals surface area (Å²) >= 11 is 0. The summed E-state index contributed by atoms with van der Waals surface area (Å²) < 4.78 is 0. The third-order valence-corrected chi connectivity index (χ3v) is 2.50. The molecule has 4 nitrogen and oxygen atoms in total. The molecule has 0 bridgehead atoms. The van der Waals surface area contributed by atoms with E-state index < -0.39 is 5.91 Å². The Balaban J connectivity index is 2.45. The molecule has 0 spiro atoms. The van der Waals surface area contributed by atoms with Crippen LogP contribution in [0.3, 0.4) is 0 Å². The molecule has 0 atom stereocenters. The van der Waals surface area contributed by atoms with Crippen molar-refractivity contribution in [2.45, 2.75) is 0 Å². The quantitative estimate of drug-likeness (QED) is 0.841. The minimum absolute atomic E-state index is 0.422. The molecule has 0 aliphatic heterocycles. The maximum absolute atomic E-state index is 11.1. The Hall–Kier alpha value is -2.36. The van der Waals surface area contributed by atoms with Crippen LogP contribution in [0.25, 0.3) is 11.1 Å². The zero-order valence-corrected chi connectivity index (χ0v) is 9.47. The highest BCUT2D eigenvalue weighted by Crippen LogP contribution is 2.21. The van der Waals surface area contributed by atoms with Crippen LogP contribution in [0.15, 0.2) is 42.6 Å². The smallest absolute Gasteiger partial charge is 0.248 e. The molecule has 0 fully saturated rings. The molecule has 1 amide bonds. The van der Waals surface area contributed by atoms with E-state index in [0.29, 0.717) is 5.56 Å². The molecule has 1 heterocycles. The summed E-state index contributed by atoms with van der Waals surface area (Å²) in [6.45, 7) is 0. The molecule has 0 aliphatic carbocycles. The van der Waals surface area contributed by atoms with E-state index in [1.807, 2.05) is 31.3 Å². The van der Waals surface area contributed by atoms with Crippen molar-refractivity contribution in [2.24, 2.45) is 5.73 Å². The summed E-state index contributed by atoms with van der Waals surface area (Å²) in [4.78, 5) is 15.2. The molecule has 2 rings (SSSR count). The predicted octanol–water partition coefficient (Wildman–Crippen LogP) is 1.89. The van der Waals surface area contributed by atoms with Gasteiger partial charge in [0.15, 0.2) is 0 Å². The second-order valence-electron chi connectivity index (χ2n) is 3.62. The molecule has 0 unspecified atom stereocenters. The zero-order chi connectivity index (χ0) is 12.3. The number of carbonyl (C=O) groups is 1. The van der Waals surface area contributed by atoms with Gasteiger partial charge in [-0.3, -0.25) is 4.79 Å². The van der Waals surface area contributed by atoms with Crippen molar-refractivity contribution in [1.82, 2.24) is 4.98 Å². The highest BCUT2D eigenvalue weighted by atomic mass is 16.1. The molecule has 0 aliphatic rings. The average molecular weight is 227 g/mol. The molecule has 17 heavy (non-hydrogen) atoms. The van der Waals surface area contributed by atoms with Crippen LogP contribution in [0.5, 0.6) is 0 Å². The first-order valence-electron chi connectivity index (χ1n) is 5.25. The fraction of sp³-hybridized carbons (Fsp3) is 0.0769. The maximum atomic E-state index is 11.1. The Labute approximate surface area is 99.5 Å². The van der Waals surface area contributed by atoms with Gasteiger partial charge in [0.1, 0.15) is 5.82 Å². The van der Waals surface area contributed by atoms with Crippen molar-refractivity contribution in [3.63, 3.8) is 0 Å². The lowest BCUT2D eigenvalue weighted by Crippen LogP contribution is -2.10. The van der Waals surface area contributed by atoms with E-state index in [2.05, 4.69) is 10.3 Å². The normalized spacial score (nSPS) is 9.94. The summed E-state index contributed by atoms with van der Waals surface area (Å²) in [7, 11) is 1.81. The first-order valence-corrected chi connectivity index (χ1v) is 5.25. The Morgan fingerprint density at radius 3 is 2.71 bits per heavy atom. The highest BCUT2D eigenvalue weighted by Gasteiger charge is 2.03. The van der Waals surface area contributed by atoms with Crippen LogP contribution in [0.1, 0.15) is 10.4 Å². The average Bonchev–Trinajstić information content (AvgIpc) is 2.39. The van der Waals surface area contributed by atoms with E-state index in [1.54, 1.807) is 18.3 Å². The molecule has 2 aromatic rings. The topological polar surface area (TPSA) is 68.0 Å². The van der Waals surface area contributed by atoms with E-state index in [0.717, 1.165) is 16.9 Å². The first-order chi connectivity index (χ1) is 8.20. The number of carbonyl (C=O) groups excluding carboxylic acids is 1. The number of pyridine rings is 1. The lowest BCUT2D eigenvalue weighted by Gasteiger charge is -2.05. The van der Waals surface area contributed by atoms with Gasteiger partial charge < -0.3 is 11.1 Å². The number of primary amides is 1.